The molecule has 3 heterocycles. The molecule has 0 fully saturated rings. The number of fused-ring (bicyclic) bond motifs is 4. The first kappa shape index (κ1) is 36.8. The van der Waals surface area contributed by atoms with E-state index in [-0.39, 0.29) is 52.1 Å². The van der Waals surface area contributed by atoms with E-state index in [1.54, 1.807) is 39.1 Å². The topological polar surface area (TPSA) is 145 Å². The van der Waals surface area contributed by atoms with Crippen molar-refractivity contribution in [3.05, 3.63) is 97.6 Å². The number of aliphatic imine (C=N–C) groups is 1. The largest absolute Gasteiger partial charge is 0.481 e. The maximum absolute atomic E-state index is 11.7. The second-order valence-corrected chi connectivity index (χ2v) is 12.4. The first-order chi connectivity index (χ1) is 21.5. The zero-order valence-corrected chi connectivity index (χ0v) is 29.2. The summed E-state index contributed by atoms with van der Waals surface area (Å²) in [6, 6.07) is 0. The molecule has 12 heteroatoms. The average molecular weight is 706 g/mol. The van der Waals surface area contributed by atoms with Crippen LogP contribution >= 0.6 is 46.4 Å². The van der Waals surface area contributed by atoms with E-state index in [1.165, 1.54) is 0 Å². The van der Waals surface area contributed by atoms with Crippen LogP contribution < -0.4 is 16.4 Å². The Labute approximate surface area is 287 Å². The summed E-state index contributed by atoms with van der Waals surface area (Å²) in [4.78, 5) is 34.2. The predicted octanol–water partition coefficient (Wildman–Crippen LogP) is 7.23. The molecule has 0 saturated carbocycles. The molecule has 1 aliphatic rings. The fourth-order valence-corrected chi connectivity index (χ4v) is 6.54. The second kappa shape index (κ2) is 15.3. The Morgan fingerprint density at radius 1 is 0.891 bits per heavy atom. The number of hydrogen-bond acceptors (Lipinski definition) is 4. The number of halogens is 4. The fourth-order valence-electron chi connectivity index (χ4n) is 5.28. The summed E-state index contributed by atoms with van der Waals surface area (Å²) in [5.41, 5.74) is 13.0. The molecule has 2 aromatic rings. The summed E-state index contributed by atoms with van der Waals surface area (Å²) in [6.45, 7) is 15.4. The van der Waals surface area contributed by atoms with Gasteiger partial charge in [0.2, 0.25) is 0 Å². The number of carboxylic acid groups (broad SMARTS) is 2. The lowest BCUT2D eigenvalue weighted by Gasteiger charge is -2.16. The number of nitrogens with two attached hydrogens (primary N) is 1. The van der Waals surface area contributed by atoms with Gasteiger partial charge in [-0.1, -0.05) is 65.6 Å². The van der Waals surface area contributed by atoms with Crippen LogP contribution in [0.15, 0.2) is 58.3 Å². The molecule has 244 valence electrons. The fraction of sp³-hybridized carbons (Fsp3) is 0.265. The van der Waals surface area contributed by atoms with Gasteiger partial charge in [-0.25, -0.2) is 0 Å². The van der Waals surface area contributed by atoms with Gasteiger partial charge >= 0.3 is 11.9 Å². The highest BCUT2D eigenvalue weighted by molar-refractivity contribution is 6.63. The third kappa shape index (κ3) is 7.64. The summed E-state index contributed by atoms with van der Waals surface area (Å²) in [6.07, 6.45) is 4.93. The van der Waals surface area contributed by atoms with Gasteiger partial charge in [-0.05, 0) is 91.7 Å². The molecule has 8 nitrogen and oxygen atoms in total. The molecule has 6 N–H and O–H groups in total. The molecule has 0 aromatic carbocycles. The van der Waals surface area contributed by atoms with Crippen LogP contribution in [-0.4, -0.2) is 44.9 Å². The molecule has 46 heavy (non-hydrogen) atoms. The van der Waals surface area contributed by atoms with Crippen molar-refractivity contribution in [1.29, 1.82) is 0 Å². The molecule has 2 aromatic heterocycles. The molecule has 0 spiro atoms. The SMILES string of the molecule is C=Cc1c2[nH]c(c1C)/C(Cl)=C(N)/C(C)=C(/CCC(=O)O)C(=C)/C(Cl)=c1\[nH]/c(c(C)c1CCC(=O)O)=C(/Cl)C(=NC)/C=C(/C)C=C2Cl. The molecule has 0 amide bonds. The Morgan fingerprint density at radius 2 is 1.50 bits per heavy atom. The number of aromatic nitrogens is 2. The Kier molecular flexibility index (Phi) is 12.2. The number of rotatable bonds is 7. The third-order valence-corrected chi connectivity index (χ3v) is 9.35. The van der Waals surface area contributed by atoms with Crippen molar-refractivity contribution in [3.63, 3.8) is 0 Å². The van der Waals surface area contributed by atoms with Crippen LogP contribution in [-0.2, 0) is 16.0 Å². The van der Waals surface area contributed by atoms with Crippen molar-refractivity contribution >= 4 is 90.3 Å². The number of hydrogen-bond donors (Lipinski definition) is 5. The second-order valence-electron chi connectivity index (χ2n) is 10.8. The minimum absolute atomic E-state index is 0.0309. The molecular weight excluding hydrogens is 670 g/mol. The highest BCUT2D eigenvalue weighted by Gasteiger charge is 2.23. The molecule has 0 saturated heterocycles. The van der Waals surface area contributed by atoms with Crippen LogP contribution in [0.2, 0.25) is 0 Å². The van der Waals surface area contributed by atoms with Gasteiger partial charge in [-0.15, -0.1) is 0 Å². The minimum atomic E-state index is -1.03. The van der Waals surface area contributed by atoms with E-state index in [9.17, 15) is 19.8 Å². The number of nitrogens with one attached hydrogen (secondary N) is 2. The number of carboxylic acids is 2. The van der Waals surface area contributed by atoms with Crippen molar-refractivity contribution in [2.75, 3.05) is 7.05 Å². The van der Waals surface area contributed by atoms with Crippen LogP contribution in [0.25, 0.3) is 26.2 Å². The van der Waals surface area contributed by atoms with E-state index in [1.807, 2.05) is 13.8 Å². The number of nitrogens with zero attached hydrogens (tertiary/aromatic N) is 1. The van der Waals surface area contributed by atoms with Crippen molar-refractivity contribution in [1.82, 2.24) is 9.97 Å². The number of carbonyl (C=O) groups is 2. The molecular formula is C34H36Cl4N4O4. The Hall–Kier alpha value is -3.69. The zero-order valence-electron chi connectivity index (χ0n) is 26.2. The lowest BCUT2D eigenvalue weighted by Crippen LogP contribution is -2.19. The first-order valence-corrected chi connectivity index (χ1v) is 15.7. The van der Waals surface area contributed by atoms with Crippen molar-refractivity contribution in [3.8, 4) is 0 Å². The molecule has 3 rings (SSSR count). The van der Waals surface area contributed by atoms with Gasteiger partial charge in [0.1, 0.15) is 0 Å². The Morgan fingerprint density at radius 3 is 2.07 bits per heavy atom. The molecule has 0 radical (unpaired) electrons. The van der Waals surface area contributed by atoms with Gasteiger partial charge in [0.05, 0.1) is 53.6 Å². The van der Waals surface area contributed by atoms with Crippen LogP contribution in [0.3, 0.4) is 0 Å². The number of H-pyrrole nitrogens is 2. The smallest absolute Gasteiger partial charge is 0.303 e. The molecule has 1 aliphatic heterocycles. The van der Waals surface area contributed by atoms with Gasteiger partial charge in [0.25, 0.3) is 0 Å². The van der Waals surface area contributed by atoms with E-state index < -0.39 is 11.9 Å². The quantitative estimate of drug-likeness (QED) is 0.207. The summed E-state index contributed by atoms with van der Waals surface area (Å²) in [7, 11) is 1.60. The van der Waals surface area contributed by atoms with E-state index in [0.29, 0.717) is 55.1 Å². The minimum Gasteiger partial charge on any atom is -0.481 e. The van der Waals surface area contributed by atoms with Crippen LogP contribution in [0, 0.1) is 13.8 Å². The maximum atomic E-state index is 11.7. The summed E-state index contributed by atoms with van der Waals surface area (Å²) in [5.74, 6) is -2.02. The number of allylic oxidation sites excluding steroid dienone is 6. The van der Waals surface area contributed by atoms with Crippen molar-refractivity contribution in [2.45, 2.75) is 53.4 Å². The van der Waals surface area contributed by atoms with Gasteiger partial charge in [0, 0.05) is 25.5 Å². The zero-order chi connectivity index (χ0) is 34.6. The number of aromatic amines is 2. The molecule has 0 atom stereocenters. The normalized spacial score (nSPS) is 22.6. The monoisotopic (exact) mass is 704 g/mol. The summed E-state index contributed by atoms with van der Waals surface area (Å²) in [5, 5.41) is 20.9. The highest BCUT2D eigenvalue weighted by atomic mass is 35.5. The Bertz CT molecular complexity index is 1930. The predicted molar refractivity (Wildman–Crippen MR) is 191 cm³/mol. The van der Waals surface area contributed by atoms with E-state index >= 15 is 0 Å². The van der Waals surface area contributed by atoms with E-state index in [2.05, 4.69) is 28.1 Å². The van der Waals surface area contributed by atoms with E-state index in [4.69, 9.17) is 52.1 Å². The van der Waals surface area contributed by atoms with Gasteiger partial charge in [0.15, 0.2) is 0 Å². The molecule has 0 unspecified atom stereocenters. The van der Waals surface area contributed by atoms with Crippen LogP contribution in [0.5, 0.6) is 0 Å². The van der Waals surface area contributed by atoms with Gasteiger partial charge < -0.3 is 25.9 Å². The standard InChI is InChI=1S/C34H36Cl4N4O4/c1-8-20-18(5)32-29(38)30(39)17(4)21(9-11-25(43)44)16(3)27(36)34-22(10-12-26(45)46)19(6)31(42-34)28(37)24(40-7)14-15(2)13-23(35)33(20)41-32/h8,13-14,41-42H,1,3,9-12,39H2,2,4-7H3,(H,43,44)(H,45,46)/b15-14-,21-17-,23-13?,30-29+,31-28+,34-27+,40-24?. The molecule has 0 aliphatic carbocycles. The van der Waals surface area contributed by atoms with Gasteiger partial charge in [-0.3, -0.25) is 14.6 Å². The third-order valence-electron chi connectivity index (χ3n) is 7.86. The van der Waals surface area contributed by atoms with Crippen molar-refractivity contribution in [2.24, 2.45) is 10.7 Å². The Balaban J connectivity index is 2.60. The summed E-state index contributed by atoms with van der Waals surface area (Å²) >= 11 is 27.8. The van der Waals surface area contributed by atoms with Crippen molar-refractivity contribution < 1.29 is 19.8 Å². The van der Waals surface area contributed by atoms with Gasteiger partial charge in [-0.2, -0.15) is 0 Å². The number of aliphatic carboxylic acids is 2. The van der Waals surface area contributed by atoms with Crippen LogP contribution in [0.4, 0.5) is 0 Å². The average Bonchev–Trinajstić information content (AvgIpc) is 3.52. The van der Waals surface area contributed by atoms with E-state index in [0.717, 1.165) is 16.7 Å². The first-order valence-electron chi connectivity index (χ1n) is 14.2. The summed E-state index contributed by atoms with van der Waals surface area (Å²) < 4.78 is 0. The molecule has 4 bridgehead atoms. The lowest BCUT2D eigenvalue weighted by atomic mass is 9.93. The highest BCUT2D eigenvalue weighted by Crippen LogP contribution is 2.37. The maximum Gasteiger partial charge on any atom is 0.303 e. The van der Waals surface area contributed by atoms with Crippen LogP contribution in [0.1, 0.15) is 66.8 Å². The lowest BCUT2D eigenvalue weighted by molar-refractivity contribution is -0.138.